The molecule has 0 saturated heterocycles. The summed E-state index contributed by atoms with van der Waals surface area (Å²) in [7, 11) is 0. The molecule has 3 nitrogen and oxygen atoms in total. The molecule has 0 amide bonds. The number of phenols is 1. The monoisotopic (exact) mass is 285 g/mol. The van der Waals surface area contributed by atoms with Gasteiger partial charge in [0.25, 0.3) is 0 Å². The lowest BCUT2D eigenvalue weighted by Crippen LogP contribution is -2.30. The first-order chi connectivity index (χ1) is 9.52. The molecule has 1 atom stereocenters. The summed E-state index contributed by atoms with van der Waals surface area (Å²) in [6.07, 6.45) is 2.65. The highest BCUT2D eigenvalue weighted by molar-refractivity contribution is 5.76. The van der Waals surface area contributed by atoms with Crippen molar-refractivity contribution in [1.82, 2.24) is 5.32 Å². The summed E-state index contributed by atoms with van der Waals surface area (Å²) >= 11 is 0. The van der Waals surface area contributed by atoms with E-state index in [1.54, 1.807) is 0 Å². The molecule has 1 unspecified atom stereocenters. The minimum absolute atomic E-state index is 0.454. The molecular weight excluding hydrogens is 271 g/mol. The third kappa shape index (κ3) is 3.20. The first-order valence-corrected chi connectivity index (χ1v) is 6.01. The van der Waals surface area contributed by atoms with Crippen LogP contribution < -0.4 is 5.32 Å². The first-order valence-electron chi connectivity index (χ1n) is 6.01. The number of rotatable bonds is 2. The molecule has 1 heterocycles. The number of hydrogen-bond acceptors (Lipinski definition) is 3. The molecule has 1 aliphatic rings. The van der Waals surface area contributed by atoms with E-state index in [-0.39, 0.29) is 0 Å². The number of halogens is 3. The average Bonchev–Trinajstić information content (AvgIpc) is 2.42. The van der Waals surface area contributed by atoms with Crippen LogP contribution in [-0.2, 0) is 4.79 Å². The molecule has 6 heteroatoms. The molecule has 1 aromatic carbocycles. The van der Waals surface area contributed by atoms with Gasteiger partial charge in [0.15, 0.2) is 0 Å². The summed E-state index contributed by atoms with van der Waals surface area (Å²) in [5.41, 5.74) is -1.11. The van der Waals surface area contributed by atoms with E-state index in [4.69, 9.17) is 5.11 Å². The third-order valence-corrected chi connectivity index (χ3v) is 2.42. The molecule has 0 fully saturated rings. The van der Waals surface area contributed by atoms with Crippen molar-refractivity contribution in [3.63, 3.8) is 0 Å². The summed E-state index contributed by atoms with van der Waals surface area (Å²) < 4.78 is 40.6. The number of benzene rings is 1. The Labute approximate surface area is 114 Å². The molecule has 1 aliphatic heterocycles. The quantitative estimate of drug-likeness (QED) is 0.821. The normalized spacial score (nSPS) is 17.1. The fourth-order valence-electron chi connectivity index (χ4n) is 1.62. The maximum Gasteiger partial charge on any atom is 0.146 e. The first kappa shape index (κ1) is 15.8. The Morgan fingerprint density at radius 2 is 1.75 bits per heavy atom. The highest BCUT2D eigenvalue weighted by atomic mass is 19.1. The van der Waals surface area contributed by atoms with Crippen LogP contribution in [-0.4, -0.2) is 17.4 Å². The second kappa shape index (κ2) is 6.79. The van der Waals surface area contributed by atoms with Crippen LogP contribution >= 0.6 is 0 Å². The van der Waals surface area contributed by atoms with Gasteiger partial charge in [-0.1, -0.05) is 19.9 Å². The molecule has 0 aromatic heterocycles. The van der Waals surface area contributed by atoms with Gasteiger partial charge in [-0.2, -0.15) is 0 Å². The predicted octanol–water partition coefficient (Wildman–Crippen LogP) is 3.06. The van der Waals surface area contributed by atoms with E-state index in [1.165, 1.54) is 6.08 Å². The van der Waals surface area contributed by atoms with Crippen molar-refractivity contribution in [1.29, 1.82) is 0 Å². The van der Waals surface area contributed by atoms with Crippen molar-refractivity contribution < 1.29 is 23.1 Å². The molecule has 0 bridgehead atoms. The maximum atomic E-state index is 13.5. The summed E-state index contributed by atoms with van der Waals surface area (Å²) in [5.74, 6) is -3.74. The van der Waals surface area contributed by atoms with Crippen LogP contribution in [0.4, 0.5) is 13.2 Å². The second-order valence-electron chi connectivity index (χ2n) is 3.67. The van der Waals surface area contributed by atoms with Gasteiger partial charge in [-0.05, 0) is 6.08 Å². The van der Waals surface area contributed by atoms with E-state index in [1.807, 2.05) is 13.8 Å². The molecule has 0 aliphatic carbocycles. The van der Waals surface area contributed by atoms with Gasteiger partial charge in [-0.3, -0.25) is 0 Å². The van der Waals surface area contributed by atoms with Crippen LogP contribution in [0.15, 0.2) is 30.1 Å². The summed E-state index contributed by atoms with van der Waals surface area (Å²) in [6, 6.07) is 0.468. The summed E-state index contributed by atoms with van der Waals surface area (Å²) in [5, 5.41) is 11.4. The number of dihydropyridines is 1. The lowest BCUT2D eigenvalue weighted by atomic mass is 10.1. The molecular formula is C14H14F3NO2. The highest BCUT2D eigenvalue weighted by Crippen LogP contribution is 2.29. The van der Waals surface area contributed by atoms with Crippen molar-refractivity contribution in [2.24, 2.45) is 0 Å². The van der Waals surface area contributed by atoms with Gasteiger partial charge in [0.2, 0.25) is 0 Å². The number of nitrogens with one attached hydrogen (secondary N) is 1. The van der Waals surface area contributed by atoms with Gasteiger partial charge in [-0.15, -0.1) is 0 Å². The highest BCUT2D eigenvalue weighted by Gasteiger charge is 2.23. The zero-order valence-corrected chi connectivity index (χ0v) is 11.0. The van der Waals surface area contributed by atoms with Crippen molar-refractivity contribution in [3.8, 4) is 5.75 Å². The van der Waals surface area contributed by atoms with Crippen LogP contribution in [0.5, 0.6) is 5.75 Å². The number of aldehydes is 1. The van der Waals surface area contributed by atoms with Crippen LogP contribution in [0.3, 0.4) is 0 Å². The van der Waals surface area contributed by atoms with Crippen molar-refractivity contribution in [2.45, 2.75) is 19.9 Å². The predicted molar refractivity (Wildman–Crippen MR) is 69.5 cm³/mol. The number of hydrogen-bond donors (Lipinski definition) is 2. The second-order valence-corrected chi connectivity index (χ2v) is 3.67. The maximum absolute atomic E-state index is 13.5. The number of allylic oxidation sites excluding steroid dienone is 2. The number of carbonyl (C=O) groups is 1. The Hall–Kier alpha value is -2.24. The average molecular weight is 285 g/mol. The van der Waals surface area contributed by atoms with Crippen LogP contribution in [0.25, 0.3) is 5.70 Å². The Morgan fingerprint density at radius 3 is 2.25 bits per heavy atom. The molecule has 2 N–H and O–H groups in total. The van der Waals surface area contributed by atoms with Gasteiger partial charge in [0.1, 0.15) is 35.5 Å². The minimum Gasteiger partial charge on any atom is -0.508 e. The third-order valence-electron chi connectivity index (χ3n) is 2.42. The molecule has 0 saturated carbocycles. The fourth-order valence-corrected chi connectivity index (χ4v) is 1.62. The van der Waals surface area contributed by atoms with E-state index in [0.717, 1.165) is 6.08 Å². The van der Waals surface area contributed by atoms with Crippen LogP contribution in [0.1, 0.15) is 19.4 Å². The summed E-state index contributed by atoms with van der Waals surface area (Å²) in [6.45, 7) is 4.00. The van der Waals surface area contributed by atoms with Crippen molar-refractivity contribution in [2.75, 3.05) is 0 Å². The van der Waals surface area contributed by atoms with Crippen molar-refractivity contribution >= 4 is 12.0 Å². The molecule has 2 rings (SSSR count). The lowest BCUT2D eigenvalue weighted by molar-refractivity contribution is -0.108. The van der Waals surface area contributed by atoms with Gasteiger partial charge in [-0.25, -0.2) is 13.2 Å². The standard InChI is InChI=1S/C12H8F3NO2.C2H6/c13-8-2-1-6(5-17)16-12(8)11-9(14)3-7(18)4-10(11)15;1-2/h1-6,16,18H;1-2H3. The zero-order chi connectivity index (χ0) is 15.3. The van der Waals surface area contributed by atoms with Gasteiger partial charge >= 0.3 is 0 Å². The van der Waals surface area contributed by atoms with Crippen molar-refractivity contribution in [3.05, 3.63) is 47.3 Å². The van der Waals surface area contributed by atoms with E-state index >= 15 is 0 Å². The van der Waals surface area contributed by atoms with E-state index in [2.05, 4.69) is 5.32 Å². The molecule has 1 aromatic rings. The lowest BCUT2D eigenvalue weighted by Gasteiger charge is -2.19. The Balaban J connectivity index is 0.000000956. The van der Waals surface area contributed by atoms with Crippen LogP contribution in [0, 0.1) is 11.6 Å². The molecule has 0 spiro atoms. The minimum atomic E-state index is -1.12. The number of aromatic hydroxyl groups is 1. The SMILES string of the molecule is CC.O=CC1C=CC(F)=C(c2c(F)cc(O)cc2F)N1. The Kier molecular flexibility index (Phi) is 5.37. The number of carbonyl (C=O) groups excluding carboxylic acids is 1. The zero-order valence-electron chi connectivity index (χ0n) is 11.0. The fraction of sp³-hybridized carbons (Fsp3) is 0.214. The van der Waals surface area contributed by atoms with Gasteiger partial charge in [0, 0.05) is 12.1 Å². The van der Waals surface area contributed by atoms with E-state index in [9.17, 15) is 18.0 Å². The number of phenolic OH excluding ortho intramolecular Hbond substituents is 1. The Morgan fingerprint density at radius 1 is 1.20 bits per heavy atom. The Bertz CT molecular complexity index is 545. The smallest absolute Gasteiger partial charge is 0.146 e. The van der Waals surface area contributed by atoms with E-state index < -0.39 is 40.5 Å². The van der Waals surface area contributed by atoms with Gasteiger partial charge < -0.3 is 15.2 Å². The topological polar surface area (TPSA) is 49.3 Å². The summed E-state index contributed by atoms with van der Waals surface area (Å²) in [4.78, 5) is 10.6. The van der Waals surface area contributed by atoms with Crippen LogP contribution in [0.2, 0.25) is 0 Å². The molecule has 108 valence electrons. The molecule has 20 heavy (non-hydrogen) atoms. The van der Waals surface area contributed by atoms with E-state index in [0.29, 0.717) is 18.4 Å². The molecule has 0 radical (unpaired) electrons. The van der Waals surface area contributed by atoms with Gasteiger partial charge in [0.05, 0.1) is 11.3 Å². The largest absolute Gasteiger partial charge is 0.508 e.